The van der Waals surface area contributed by atoms with E-state index in [1.54, 1.807) is 14.2 Å². The number of carbonyl (C=O) groups excluding carboxylic acids is 1. The zero-order valence-corrected chi connectivity index (χ0v) is 13.9. The van der Waals surface area contributed by atoms with Crippen LogP contribution in [0.15, 0.2) is 36.4 Å². The SMILES string of the molecule is COc1ccc(-c2nc(OC)ccc2N2CCNC(=O)CC2)cc1. The van der Waals surface area contributed by atoms with Gasteiger partial charge in [-0.2, -0.15) is 0 Å². The van der Waals surface area contributed by atoms with Crippen molar-refractivity contribution in [2.45, 2.75) is 6.42 Å². The third-order valence-electron chi connectivity index (χ3n) is 4.07. The van der Waals surface area contributed by atoms with Gasteiger partial charge in [0, 0.05) is 37.7 Å². The third-order valence-corrected chi connectivity index (χ3v) is 4.07. The Balaban J connectivity index is 2.00. The van der Waals surface area contributed by atoms with Crippen LogP contribution in [0.4, 0.5) is 5.69 Å². The molecule has 1 amide bonds. The molecule has 1 aliphatic heterocycles. The first kappa shape index (κ1) is 16.1. The fourth-order valence-corrected chi connectivity index (χ4v) is 2.77. The van der Waals surface area contributed by atoms with Crippen molar-refractivity contribution in [3.8, 4) is 22.9 Å². The predicted octanol–water partition coefficient (Wildman–Crippen LogP) is 2.09. The Bertz CT molecular complexity index is 716. The van der Waals surface area contributed by atoms with Gasteiger partial charge in [0.2, 0.25) is 11.8 Å². The third kappa shape index (κ3) is 3.42. The number of aromatic nitrogens is 1. The number of nitrogens with one attached hydrogen (secondary N) is 1. The van der Waals surface area contributed by atoms with Crippen LogP contribution in [0.1, 0.15) is 6.42 Å². The predicted molar refractivity (Wildman–Crippen MR) is 92.6 cm³/mol. The number of anilines is 1. The molecule has 2 heterocycles. The summed E-state index contributed by atoms with van der Waals surface area (Å²) >= 11 is 0. The summed E-state index contributed by atoms with van der Waals surface area (Å²) in [5.41, 5.74) is 2.82. The fourth-order valence-electron chi connectivity index (χ4n) is 2.77. The summed E-state index contributed by atoms with van der Waals surface area (Å²) in [5, 5.41) is 2.90. The van der Waals surface area contributed by atoms with Gasteiger partial charge in [0.15, 0.2) is 0 Å². The van der Waals surface area contributed by atoms with Gasteiger partial charge in [-0.1, -0.05) is 0 Å². The molecule has 0 radical (unpaired) electrons. The number of methoxy groups -OCH3 is 2. The Kier molecular flexibility index (Phi) is 4.84. The van der Waals surface area contributed by atoms with Crippen LogP contribution in [-0.4, -0.2) is 44.7 Å². The molecule has 24 heavy (non-hydrogen) atoms. The molecule has 0 aliphatic carbocycles. The highest BCUT2D eigenvalue weighted by molar-refractivity contribution is 5.79. The van der Waals surface area contributed by atoms with Gasteiger partial charge in [0.05, 0.1) is 25.6 Å². The van der Waals surface area contributed by atoms with Crippen molar-refractivity contribution in [2.75, 3.05) is 38.8 Å². The van der Waals surface area contributed by atoms with Crippen LogP contribution in [0.2, 0.25) is 0 Å². The summed E-state index contributed by atoms with van der Waals surface area (Å²) in [6.45, 7) is 2.05. The molecular formula is C18H21N3O3. The van der Waals surface area contributed by atoms with Crippen molar-refractivity contribution >= 4 is 11.6 Å². The topological polar surface area (TPSA) is 63.7 Å². The maximum absolute atomic E-state index is 11.6. The van der Waals surface area contributed by atoms with E-state index in [-0.39, 0.29) is 5.91 Å². The lowest BCUT2D eigenvalue weighted by molar-refractivity contribution is -0.120. The number of carbonyl (C=O) groups is 1. The van der Waals surface area contributed by atoms with Crippen LogP contribution >= 0.6 is 0 Å². The van der Waals surface area contributed by atoms with Gasteiger partial charge in [-0.15, -0.1) is 0 Å². The molecule has 0 unspecified atom stereocenters. The Morgan fingerprint density at radius 2 is 1.83 bits per heavy atom. The van der Waals surface area contributed by atoms with Crippen molar-refractivity contribution in [3.63, 3.8) is 0 Å². The molecule has 0 atom stereocenters. The molecule has 6 nitrogen and oxygen atoms in total. The summed E-state index contributed by atoms with van der Waals surface area (Å²) in [6, 6.07) is 11.6. The molecule has 1 aromatic heterocycles. The second kappa shape index (κ2) is 7.21. The van der Waals surface area contributed by atoms with E-state index < -0.39 is 0 Å². The number of amides is 1. The second-order valence-corrected chi connectivity index (χ2v) is 5.54. The Hall–Kier alpha value is -2.76. The average Bonchev–Trinajstić information content (AvgIpc) is 2.86. The zero-order valence-electron chi connectivity index (χ0n) is 13.9. The summed E-state index contributed by atoms with van der Waals surface area (Å²) in [7, 11) is 3.25. The summed E-state index contributed by atoms with van der Waals surface area (Å²) in [5.74, 6) is 1.45. The van der Waals surface area contributed by atoms with E-state index in [4.69, 9.17) is 9.47 Å². The van der Waals surface area contributed by atoms with E-state index in [9.17, 15) is 4.79 Å². The number of rotatable bonds is 4. The van der Waals surface area contributed by atoms with Crippen molar-refractivity contribution in [1.82, 2.24) is 10.3 Å². The first-order chi connectivity index (χ1) is 11.7. The molecule has 6 heteroatoms. The maximum atomic E-state index is 11.6. The van der Waals surface area contributed by atoms with Crippen LogP contribution in [0.3, 0.4) is 0 Å². The average molecular weight is 327 g/mol. The minimum Gasteiger partial charge on any atom is -0.497 e. The van der Waals surface area contributed by atoms with Crippen LogP contribution in [-0.2, 0) is 4.79 Å². The number of hydrogen-bond donors (Lipinski definition) is 1. The monoisotopic (exact) mass is 327 g/mol. The van der Waals surface area contributed by atoms with Gasteiger partial charge in [-0.05, 0) is 30.3 Å². The van der Waals surface area contributed by atoms with Crippen molar-refractivity contribution in [2.24, 2.45) is 0 Å². The van der Waals surface area contributed by atoms with E-state index in [2.05, 4.69) is 15.2 Å². The number of pyridine rings is 1. The first-order valence-electron chi connectivity index (χ1n) is 7.92. The lowest BCUT2D eigenvalue weighted by Gasteiger charge is -2.24. The normalized spacial score (nSPS) is 14.8. The largest absolute Gasteiger partial charge is 0.497 e. The minimum absolute atomic E-state index is 0.0879. The molecule has 0 spiro atoms. The highest BCUT2D eigenvalue weighted by atomic mass is 16.5. The van der Waals surface area contributed by atoms with Crippen molar-refractivity contribution < 1.29 is 14.3 Å². The van der Waals surface area contributed by atoms with Crippen LogP contribution in [0, 0.1) is 0 Å². The quantitative estimate of drug-likeness (QED) is 0.932. The van der Waals surface area contributed by atoms with Gasteiger partial charge in [-0.25, -0.2) is 4.98 Å². The van der Waals surface area contributed by atoms with Crippen LogP contribution in [0.5, 0.6) is 11.6 Å². The zero-order chi connectivity index (χ0) is 16.9. The molecular weight excluding hydrogens is 306 g/mol. The molecule has 126 valence electrons. The Morgan fingerprint density at radius 3 is 2.54 bits per heavy atom. The highest BCUT2D eigenvalue weighted by Crippen LogP contribution is 2.32. The lowest BCUT2D eigenvalue weighted by Crippen LogP contribution is -2.28. The molecule has 0 bridgehead atoms. The summed E-state index contributed by atoms with van der Waals surface area (Å²) in [6.07, 6.45) is 0.480. The van der Waals surface area contributed by atoms with Gasteiger partial charge >= 0.3 is 0 Å². The highest BCUT2D eigenvalue weighted by Gasteiger charge is 2.19. The van der Waals surface area contributed by atoms with E-state index in [0.29, 0.717) is 25.4 Å². The molecule has 0 saturated carbocycles. The fraction of sp³-hybridized carbons (Fsp3) is 0.333. The molecule has 1 fully saturated rings. The molecule has 2 aromatic rings. The maximum Gasteiger partial charge on any atom is 0.221 e. The number of nitrogens with zero attached hydrogens (tertiary/aromatic N) is 2. The smallest absolute Gasteiger partial charge is 0.221 e. The number of benzene rings is 1. The first-order valence-corrected chi connectivity index (χ1v) is 7.92. The molecule has 1 N–H and O–H groups in total. The molecule has 1 aromatic carbocycles. The minimum atomic E-state index is 0.0879. The lowest BCUT2D eigenvalue weighted by atomic mass is 10.1. The molecule has 3 rings (SSSR count). The van der Waals surface area contributed by atoms with Crippen molar-refractivity contribution in [1.29, 1.82) is 0 Å². The van der Waals surface area contributed by atoms with Crippen LogP contribution in [0.25, 0.3) is 11.3 Å². The van der Waals surface area contributed by atoms with Gasteiger partial charge < -0.3 is 19.7 Å². The summed E-state index contributed by atoms with van der Waals surface area (Å²) < 4.78 is 10.5. The standard InChI is InChI=1S/C18H21N3O3/c1-23-14-5-3-13(4-6-14)18-15(7-8-17(20-18)24-2)21-11-9-16(22)19-10-12-21/h3-8H,9-12H2,1-2H3,(H,19,22). The van der Waals surface area contributed by atoms with E-state index in [1.807, 2.05) is 36.4 Å². The molecule has 1 aliphatic rings. The molecule has 1 saturated heterocycles. The Labute approximate surface area is 141 Å². The number of ether oxygens (including phenoxy) is 2. The second-order valence-electron chi connectivity index (χ2n) is 5.54. The van der Waals surface area contributed by atoms with Gasteiger partial charge in [0.25, 0.3) is 0 Å². The van der Waals surface area contributed by atoms with Gasteiger partial charge in [0.1, 0.15) is 5.75 Å². The van der Waals surface area contributed by atoms with E-state index in [0.717, 1.165) is 29.2 Å². The van der Waals surface area contributed by atoms with E-state index >= 15 is 0 Å². The van der Waals surface area contributed by atoms with E-state index in [1.165, 1.54) is 0 Å². The number of hydrogen-bond acceptors (Lipinski definition) is 5. The Morgan fingerprint density at radius 1 is 1.04 bits per heavy atom. The van der Waals surface area contributed by atoms with Crippen LogP contribution < -0.4 is 19.7 Å². The summed E-state index contributed by atoms with van der Waals surface area (Å²) in [4.78, 5) is 18.4. The van der Waals surface area contributed by atoms with Gasteiger partial charge in [-0.3, -0.25) is 4.79 Å². The van der Waals surface area contributed by atoms with Crippen molar-refractivity contribution in [3.05, 3.63) is 36.4 Å².